The first kappa shape index (κ1) is 22.8. The summed E-state index contributed by atoms with van der Waals surface area (Å²) in [5, 5.41) is 2.44. The van der Waals surface area contributed by atoms with Crippen molar-refractivity contribution in [1.29, 1.82) is 0 Å². The largest absolute Gasteiger partial charge is 0.435 e. The normalized spacial score (nSPS) is 11.5. The maximum absolute atomic E-state index is 6.32. The Balaban J connectivity index is 1.34. The molecular formula is C34H20N4OS. The third-order valence-corrected chi connectivity index (χ3v) is 8.13. The molecule has 0 atom stereocenters. The van der Waals surface area contributed by atoms with Crippen molar-refractivity contribution in [3.63, 3.8) is 0 Å². The van der Waals surface area contributed by atoms with Crippen molar-refractivity contribution in [2.75, 3.05) is 0 Å². The number of fused-ring (bicyclic) bond motifs is 4. The highest BCUT2D eigenvalue weighted by Gasteiger charge is 2.18. The zero-order valence-electron chi connectivity index (χ0n) is 21.2. The minimum absolute atomic E-state index is 0.542. The van der Waals surface area contributed by atoms with E-state index >= 15 is 0 Å². The van der Waals surface area contributed by atoms with Gasteiger partial charge in [0.05, 0.1) is 5.56 Å². The molecule has 0 amide bonds. The van der Waals surface area contributed by atoms with Crippen LogP contribution in [-0.2, 0) is 0 Å². The summed E-state index contributed by atoms with van der Waals surface area (Å²) in [7, 11) is 0. The number of oxazole rings is 1. The monoisotopic (exact) mass is 532 g/mol. The first-order chi connectivity index (χ1) is 19.8. The average molecular weight is 533 g/mol. The fourth-order valence-electron chi connectivity index (χ4n) is 5.04. The molecule has 0 unspecified atom stereocenters. The molecule has 5 aromatic carbocycles. The summed E-state index contributed by atoms with van der Waals surface area (Å²) >= 11 is 1.79. The number of hydrogen-bond acceptors (Lipinski definition) is 6. The summed E-state index contributed by atoms with van der Waals surface area (Å²) in [5.74, 6) is 2.33. The molecule has 40 heavy (non-hydrogen) atoms. The summed E-state index contributed by atoms with van der Waals surface area (Å²) in [6.45, 7) is 0. The van der Waals surface area contributed by atoms with Gasteiger partial charge in [-0.05, 0) is 48.5 Å². The Morgan fingerprint density at radius 1 is 0.475 bits per heavy atom. The van der Waals surface area contributed by atoms with Crippen LogP contribution in [0.2, 0.25) is 0 Å². The zero-order valence-corrected chi connectivity index (χ0v) is 22.0. The van der Waals surface area contributed by atoms with Crippen LogP contribution in [0, 0.1) is 0 Å². The first-order valence-corrected chi connectivity index (χ1v) is 13.8. The molecule has 0 bridgehead atoms. The standard InChI is InChI=1S/C34H20N4OS/c1-3-10-21(11-4-1)31-36-32(23-18-19-29-26(20-23)24-14-7-8-17-28(24)40-29)38-33(37-31)25-15-9-16-27-30(25)39-34(35-27)22-12-5-2-6-13-22/h1-20H. The van der Waals surface area contributed by atoms with Crippen molar-refractivity contribution < 1.29 is 4.42 Å². The molecule has 0 fully saturated rings. The lowest BCUT2D eigenvalue weighted by Crippen LogP contribution is -2.00. The molecule has 3 heterocycles. The number of benzene rings is 5. The second-order valence-electron chi connectivity index (χ2n) is 9.52. The van der Waals surface area contributed by atoms with Crippen LogP contribution >= 0.6 is 11.3 Å². The zero-order chi connectivity index (χ0) is 26.5. The highest BCUT2D eigenvalue weighted by atomic mass is 32.1. The molecule has 0 saturated heterocycles. The van der Waals surface area contributed by atoms with Gasteiger partial charge in [0.2, 0.25) is 5.89 Å². The predicted octanol–water partition coefficient (Wildman–Crippen LogP) is 9.05. The molecule has 0 aliphatic heterocycles. The minimum atomic E-state index is 0.542. The predicted molar refractivity (Wildman–Crippen MR) is 162 cm³/mol. The highest BCUT2D eigenvalue weighted by molar-refractivity contribution is 7.25. The molecule has 0 saturated carbocycles. The van der Waals surface area contributed by atoms with Gasteiger partial charge in [-0.15, -0.1) is 11.3 Å². The highest BCUT2D eigenvalue weighted by Crippen LogP contribution is 2.37. The van der Waals surface area contributed by atoms with E-state index in [1.165, 1.54) is 20.2 Å². The maximum atomic E-state index is 6.32. The van der Waals surface area contributed by atoms with Gasteiger partial charge in [-0.1, -0.05) is 72.8 Å². The molecule has 0 aliphatic carbocycles. The van der Waals surface area contributed by atoms with Crippen LogP contribution in [0.15, 0.2) is 126 Å². The van der Waals surface area contributed by atoms with Crippen LogP contribution in [0.3, 0.4) is 0 Å². The fourth-order valence-corrected chi connectivity index (χ4v) is 6.12. The van der Waals surface area contributed by atoms with E-state index in [4.69, 9.17) is 24.4 Å². The Hall–Kier alpha value is -5.20. The smallest absolute Gasteiger partial charge is 0.227 e. The Morgan fingerprint density at radius 3 is 1.98 bits per heavy atom. The van der Waals surface area contributed by atoms with Crippen LogP contribution in [0.25, 0.3) is 76.9 Å². The topological polar surface area (TPSA) is 64.7 Å². The van der Waals surface area contributed by atoms with Crippen molar-refractivity contribution in [3.05, 3.63) is 121 Å². The van der Waals surface area contributed by atoms with Crippen molar-refractivity contribution in [3.8, 4) is 45.6 Å². The maximum Gasteiger partial charge on any atom is 0.227 e. The number of nitrogens with zero attached hydrogens (tertiary/aromatic N) is 4. The second kappa shape index (κ2) is 9.22. The Morgan fingerprint density at radius 2 is 1.15 bits per heavy atom. The third-order valence-electron chi connectivity index (χ3n) is 6.98. The molecule has 0 aliphatic rings. The molecule has 0 radical (unpaired) electrons. The summed E-state index contributed by atoms with van der Waals surface area (Å²) in [6, 6.07) is 40.7. The summed E-state index contributed by atoms with van der Waals surface area (Å²) in [4.78, 5) is 19.6. The lowest BCUT2D eigenvalue weighted by molar-refractivity contribution is 0.620. The number of thiophene rings is 1. The van der Waals surface area contributed by atoms with Crippen LogP contribution in [0.1, 0.15) is 0 Å². The quantitative estimate of drug-likeness (QED) is 0.226. The van der Waals surface area contributed by atoms with Crippen LogP contribution in [-0.4, -0.2) is 19.9 Å². The van der Waals surface area contributed by atoms with Crippen LogP contribution in [0.4, 0.5) is 0 Å². The van der Waals surface area contributed by atoms with Crippen molar-refractivity contribution in [2.24, 2.45) is 0 Å². The fraction of sp³-hybridized carbons (Fsp3) is 0. The van der Waals surface area contributed by atoms with Gasteiger partial charge in [0.1, 0.15) is 5.52 Å². The van der Waals surface area contributed by atoms with Crippen molar-refractivity contribution in [2.45, 2.75) is 0 Å². The number of para-hydroxylation sites is 1. The van der Waals surface area contributed by atoms with Gasteiger partial charge in [-0.3, -0.25) is 0 Å². The molecule has 5 nitrogen and oxygen atoms in total. The Kier molecular flexibility index (Phi) is 5.24. The summed E-state index contributed by atoms with van der Waals surface area (Å²) < 4.78 is 8.82. The van der Waals surface area contributed by atoms with Crippen LogP contribution < -0.4 is 0 Å². The van der Waals surface area contributed by atoms with E-state index in [2.05, 4.69) is 42.5 Å². The summed E-state index contributed by atoms with van der Waals surface area (Å²) in [5.41, 5.74) is 4.95. The number of hydrogen-bond donors (Lipinski definition) is 0. The molecule has 8 aromatic rings. The second-order valence-corrected chi connectivity index (χ2v) is 10.6. The first-order valence-electron chi connectivity index (χ1n) is 13.0. The Labute approximate surface area is 233 Å². The molecular weight excluding hydrogens is 512 g/mol. The van der Waals surface area contributed by atoms with E-state index < -0.39 is 0 Å². The average Bonchev–Trinajstić information content (AvgIpc) is 3.63. The Bertz CT molecular complexity index is 2170. The van der Waals surface area contributed by atoms with Gasteiger partial charge in [-0.25, -0.2) is 19.9 Å². The van der Waals surface area contributed by atoms with E-state index in [1.807, 2.05) is 78.9 Å². The molecule has 8 rings (SSSR count). The molecule has 3 aromatic heterocycles. The molecule has 188 valence electrons. The van der Waals surface area contributed by atoms with Crippen LogP contribution in [0.5, 0.6) is 0 Å². The molecule has 6 heteroatoms. The van der Waals surface area contributed by atoms with Gasteiger partial charge in [0, 0.05) is 36.9 Å². The third kappa shape index (κ3) is 3.85. The van der Waals surface area contributed by atoms with E-state index in [0.717, 1.165) is 27.8 Å². The van der Waals surface area contributed by atoms with E-state index in [9.17, 15) is 0 Å². The number of rotatable bonds is 4. The number of aromatic nitrogens is 4. The van der Waals surface area contributed by atoms with Gasteiger partial charge < -0.3 is 4.42 Å². The lowest BCUT2D eigenvalue weighted by atomic mass is 10.1. The molecule has 0 N–H and O–H groups in total. The molecule has 0 spiro atoms. The SMILES string of the molecule is c1ccc(-c2nc(-c3ccc4sc5ccccc5c4c3)nc(-c3cccc4nc(-c5ccccc5)oc34)n2)cc1. The van der Waals surface area contributed by atoms with E-state index in [-0.39, 0.29) is 0 Å². The van der Waals surface area contributed by atoms with Gasteiger partial charge in [0.25, 0.3) is 0 Å². The van der Waals surface area contributed by atoms with E-state index in [0.29, 0.717) is 28.9 Å². The van der Waals surface area contributed by atoms with E-state index in [1.54, 1.807) is 11.3 Å². The van der Waals surface area contributed by atoms with Gasteiger partial charge in [-0.2, -0.15) is 0 Å². The van der Waals surface area contributed by atoms with Crippen molar-refractivity contribution >= 4 is 42.6 Å². The van der Waals surface area contributed by atoms with Gasteiger partial charge >= 0.3 is 0 Å². The van der Waals surface area contributed by atoms with Crippen molar-refractivity contribution in [1.82, 2.24) is 19.9 Å². The lowest BCUT2D eigenvalue weighted by Gasteiger charge is -2.09. The minimum Gasteiger partial charge on any atom is -0.435 e. The summed E-state index contributed by atoms with van der Waals surface area (Å²) in [6.07, 6.45) is 0. The van der Waals surface area contributed by atoms with Gasteiger partial charge in [0.15, 0.2) is 23.1 Å².